The average molecular weight is 370 g/mol. The highest BCUT2D eigenvalue weighted by atomic mass is 16.5. The number of nitrogens with one attached hydrogen (secondary N) is 3. The molecule has 0 aliphatic rings. The number of nitrogens with zero attached hydrogens (tertiary/aromatic N) is 1. The molecule has 0 bridgehead atoms. The molecule has 0 spiro atoms. The van der Waals surface area contributed by atoms with Crippen LogP contribution < -0.4 is 20.9 Å². The van der Waals surface area contributed by atoms with Gasteiger partial charge in [0.05, 0.1) is 12.7 Å². The topological polar surface area (TPSA) is 109 Å². The first-order valence-corrected chi connectivity index (χ1v) is 8.41. The number of anilines is 1. The monoisotopic (exact) mass is 370 g/mol. The summed E-state index contributed by atoms with van der Waals surface area (Å²) in [5.41, 5.74) is 5.64. The largest absolute Gasteiger partial charge is 0.497 e. The highest BCUT2D eigenvalue weighted by Gasteiger charge is 2.14. The first-order valence-electron chi connectivity index (χ1n) is 8.41. The van der Waals surface area contributed by atoms with E-state index < -0.39 is 5.91 Å². The van der Waals surface area contributed by atoms with Crippen LogP contribution >= 0.6 is 0 Å². The Morgan fingerprint density at radius 3 is 2.37 bits per heavy atom. The summed E-state index contributed by atoms with van der Waals surface area (Å²) in [4.78, 5) is 39.6. The van der Waals surface area contributed by atoms with Crippen molar-refractivity contribution in [1.82, 2.24) is 15.8 Å². The quantitative estimate of drug-likeness (QED) is 0.645. The van der Waals surface area contributed by atoms with Gasteiger partial charge in [0.25, 0.3) is 5.91 Å². The lowest BCUT2D eigenvalue weighted by Crippen LogP contribution is -2.42. The van der Waals surface area contributed by atoms with Gasteiger partial charge in [-0.1, -0.05) is 6.92 Å². The second kappa shape index (κ2) is 9.91. The van der Waals surface area contributed by atoms with Crippen LogP contribution in [0.4, 0.5) is 5.69 Å². The SMILES string of the molecule is COc1ccc(NC(=O)CC(C)CC(=O)NNC(=O)c2cccnc2)cc1. The number of carbonyl (C=O) groups is 3. The van der Waals surface area contributed by atoms with Crippen molar-refractivity contribution in [3.63, 3.8) is 0 Å². The molecule has 0 aliphatic carbocycles. The van der Waals surface area contributed by atoms with Crippen molar-refractivity contribution in [2.75, 3.05) is 12.4 Å². The smallest absolute Gasteiger partial charge is 0.271 e. The van der Waals surface area contributed by atoms with Crippen molar-refractivity contribution >= 4 is 23.4 Å². The Morgan fingerprint density at radius 1 is 1.04 bits per heavy atom. The van der Waals surface area contributed by atoms with Crippen LogP contribution in [0.2, 0.25) is 0 Å². The van der Waals surface area contributed by atoms with E-state index in [1.54, 1.807) is 56.6 Å². The van der Waals surface area contributed by atoms with Crippen LogP contribution in [0.1, 0.15) is 30.1 Å². The van der Waals surface area contributed by atoms with E-state index in [1.165, 1.54) is 6.20 Å². The van der Waals surface area contributed by atoms with Crippen LogP contribution in [0, 0.1) is 5.92 Å². The van der Waals surface area contributed by atoms with Crippen molar-refractivity contribution in [1.29, 1.82) is 0 Å². The molecule has 0 radical (unpaired) electrons. The van der Waals surface area contributed by atoms with Gasteiger partial charge in [0, 0.05) is 30.9 Å². The molecule has 1 aromatic heterocycles. The van der Waals surface area contributed by atoms with Crippen molar-refractivity contribution in [2.24, 2.45) is 5.92 Å². The van der Waals surface area contributed by atoms with E-state index in [1.807, 2.05) is 0 Å². The van der Waals surface area contributed by atoms with Crippen molar-refractivity contribution in [2.45, 2.75) is 19.8 Å². The molecule has 8 nitrogen and oxygen atoms in total. The normalized spacial score (nSPS) is 11.2. The second-order valence-electron chi connectivity index (χ2n) is 6.03. The van der Waals surface area contributed by atoms with Gasteiger partial charge in [-0.25, -0.2) is 0 Å². The van der Waals surface area contributed by atoms with E-state index in [0.717, 1.165) is 0 Å². The lowest BCUT2D eigenvalue weighted by Gasteiger charge is -2.12. The molecule has 0 aliphatic heterocycles. The van der Waals surface area contributed by atoms with E-state index in [4.69, 9.17) is 4.74 Å². The molecule has 0 fully saturated rings. The molecule has 1 heterocycles. The molecular formula is C19H22N4O4. The summed E-state index contributed by atoms with van der Waals surface area (Å²) < 4.78 is 5.06. The number of rotatable bonds is 7. The second-order valence-corrected chi connectivity index (χ2v) is 6.03. The predicted octanol–water partition coefficient (Wildman–Crippen LogP) is 1.91. The summed E-state index contributed by atoms with van der Waals surface area (Å²) in [6, 6.07) is 10.2. The van der Waals surface area contributed by atoms with Gasteiger partial charge in [-0.05, 0) is 42.3 Å². The number of carbonyl (C=O) groups excluding carboxylic acids is 3. The van der Waals surface area contributed by atoms with Crippen LogP contribution in [0.25, 0.3) is 0 Å². The molecule has 2 aromatic rings. The minimum absolute atomic E-state index is 0.101. The van der Waals surface area contributed by atoms with E-state index in [2.05, 4.69) is 21.2 Å². The lowest BCUT2D eigenvalue weighted by atomic mass is 10.0. The minimum Gasteiger partial charge on any atom is -0.497 e. The number of hydrogen-bond acceptors (Lipinski definition) is 5. The first-order chi connectivity index (χ1) is 13.0. The summed E-state index contributed by atoms with van der Waals surface area (Å²) in [6.07, 6.45) is 3.22. The van der Waals surface area contributed by atoms with Gasteiger partial charge in [0.1, 0.15) is 5.75 Å². The fraction of sp³-hybridized carbons (Fsp3) is 0.263. The molecule has 1 atom stereocenters. The molecule has 0 saturated heterocycles. The Morgan fingerprint density at radius 2 is 1.74 bits per heavy atom. The van der Waals surface area contributed by atoms with Crippen LogP contribution in [0.15, 0.2) is 48.8 Å². The number of ether oxygens (including phenoxy) is 1. The highest BCUT2D eigenvalue weighted by Crippen LogP contribution is 2.16. The zero-order chi connectivity index (χ0) is 19.6. The Kier molecular flexibility index (Phi) is 7.30. The number of aromatic nitrogens is 1. The van der Waals surface area contributed by atoms with E-state index in [0.29, 0.717) is 17.0 Å². The number of hydrazine groups is 1. The van der Waals surface area contributed by atoms with Gasteiger partial charge in [0.15, 0.2) is 0 Å². The van der Waals surface area contributed by atoms with Gasteiger partial charge < -0.3 is 10.1 Å². The van der Waals surface area contributed by atoms with E-state index in [-0.39, 0.29) is 30.6 Å². The van der Waals surface area contributed by atoms with Crippen LogP contribution in [0.3, 0.4) is 0 Å². The number of pyridine rings is 1. The average Bonchev–Trinajstić information content (AvgIpc) is 2.67. The Hall–Kier alpha value is -3.42. The number of benzene rings is 1. The number of methoxy groups -OCH3 is 1. The standard InChI is InChI=1S/C19H22N4O4/c1-13(10-17(24)21-15-5-7-16(27-2)8-6-15)11-18(25)22-23-19(26)14-4-3-9-20-12-14/h3-9,12-13H,10-11H2,1-2H3,(H,21,24)(H,22,25)(H,23,26). The molecule has 2 rings (SSSR count). The summed E-state index contributed by atoms with van der Waals surface area (Å²) in [7, 11) is 1.57. The molecule has 3 amide bonds. The van der Waals surface area contributed by atoms with Gasteiger partial charge in [0.2, 0.25) is 11.8 Å². The Labute approximate surface area is 157 Å². The molecule has 1 aromatic carbocycles. The van der Waals surface area contributed by atoms with Crippen LogP contribution in [-0.4, -0.2) is 29.8 Å². The van der Waals surface area contributed by atoms with Crippen molar-refractivity contribution in [3.8, 4) is 5.75 Å². The molecule has 3 N–H and O–H groups in total. The summed E-state index contributed by atoms with van der Waals surface area (Å²) in [6.45, 7) is 1.79. The maximum atomic E-state index is 12.1. The fourth-order valence-corrected chi connectivity index (χ4v) is 2.34. The maximum Gasteiger partial charge on any atom is 0.271 e. The van der Waals surface area contributed by atoms with Crippen molar-refractivity contribution in [3.05, 3.63) is 54.4 Å². The fourth-order valence-electron chi connectivity index (χ4n) is 2.34. The van der Waals surface area contributed by atoms with Crippen LogP contribution in [0.5, 0.6) is 5.75 Å². The Bertz CT molecular complexity index is 778. The van der Waals surface area contributed by atoms with Crippen molar-refractivity contribution < 1.29 is 19.1 Å². The molecule has 142 valence electrons. The van der Waals surface area contributed by atoms with E-state index in [9.17, 15) is 14.4 Å². The first kappa shape index (κ1) is 19.9. The third-order valence-corrected chi connectivity index (χ3v) is 3.68. The minimum atomic E-state index is -0.457. The summed E-state index contributed by atoms with van der Waals surface area (Å²) in [5.74, 6) is -0.525. The molecule has 27 heavy (non-hydrogen) atoms. The zero-order valence-corrected chi connectivity index (χ0v) is 15.2. The van der Waals surface area contributed by atoms with Gasteiger partial charge in [-0.2, -0.15) is 0 Å². The third kappa shape index (κ3) is 6.77. The highest BCUT2D eigenvalue weighted by molar-refractivity contribution is 5.95. The van der Waals surface area contributed by atoms with Gasteiger partial charge in [-0.3, -0.25) is 30.2 Å². The maximum absolute atomic E-state index is 12.1. The van der Waals surface area contributed by atoms with Gasteiger partial charge >= 0.3 is 0 Å². The van der Waals surface area contributed by atoms with Crippen LogP contribution in [-0.2, 0) is 9.59 Å². The Balaban J connectivity index is 1.72. The summed E-state index contributed by atoms with van der Waals surface area (Å²) >= 11 is 0. The molecule has 1 unspecified atom stereocenters. The summed E-state index contributed by atoms with van der Waals surface area (Å²) in [5, 5.41) is 2.77. The number of hydrogen-bond donors (Lipinski definition) is 3. The molecule has 0 saturated carbocycles. The van der Waals surface area contributed by atoms with E-state index >= 15 is 0 Å². The van der Waals surface area contributed by atoms with Gasteiger partial charge in [-0.15, -0.1) is 0 Å². The predicted molar refractivity (Wildman–Crippen MR) is 99.9 cm³/mol. The third-order valence-electron chi connectivity index (χ3n) is 3.68. The lowest BCUT2D eigenvalue weighted by molar-refractivity contribution is -0.123. The molecular weight excluding hydrogens is 348 g/mol. The number of amides is 3. The molecule has 8 heteroatoms. The zero-order valence-electron chi connectivity index (χ0n) is 15.2.